The minimum atomic E-state index is -0.301. The van der Waals surface area contributed by atoms with Gasteiger partial charge >= 0.3 is 0 Å². The van der Waals surface area contributed by atoms with E-state index < -0.39 is 0 Å². The summed E-state index contributed by atoms with van der Waals surface area (Å²) < 4.78 is 15.8. The molecule has 0 amide bonds. The number of fused-ring (bicyclic) bond motifs is 21. The first kappa shape index (κ1) is 57.4. The van der Waals surface area contributed by atoms with Gasteiger partial charge < -0.3 is 33.3 Å². The Morgan fingerprint density at radius 1 is 0.398 bits per heavy atom. The normalized spacial score (nSPS) is 15.4. The van der Waals surface area contributed by atoms with Crippen LogP contribution in [-0.2, 0) is 6.54 Å². The van der Waals surface area contributed by atoms with Crippen LogP contribution in [0.15, 0.2) is 340 Å². The first-order valence-corrected chi connectivity index (χ1v) is 35.4. The molecule has 0 bridgehead atoms. The Kier molecular flexibility index (Phi) is 12.5. The van der Waals surface area contributed by atoms with Crippen LogP contribution in [0.1, 0.15) is 16.7 Å². The number of benzene rings is 15. The van der Waals surface area contributed by atoms with E-state index in [4.69, 9.17) is 18.8 Å². The third kappa shape index (κ3) is 8.54. The number of rotatable bonds is 8. The van der Waals surface area contributed by atoms with Crippen LogP contribution in [0.2, 0.25) is 0 Å². The molecule has 17 aromatic rings. The predicted octanol–water partition coefficient (Wildman–Crippen LogP) is 24.4. The first-order valence-electron chi connectivity index (χ1n) is 35.4. The van der Waals surface area contributed by atoms with Crippen molar-refractivity contribution in [1.29, 1.82) is 0 Å². The SMILES string of the molecule is C1=CC2=C(c3c4ccccc4cc4ccccc34)c3ccccc3N(c3cc4c(N5C=CC=NC5)c(N(c5ccccc5)c5cc6ccccc6c6ccccc56)c5ccc6c7ccc(N8Cc9ccccc9-c9ccccc98)cc7oc6c5c4c4c3oc3c(N5C=CC=NC5)cccc34)C2C=C1. The third-order valence-electron chi connectivity index (χ3n) is 22.0. The van der Waals surface area contributed by atoms with Crippen molar-refractivity contribution in [2.75, 3.05) is 37.8 Å². The lowest BCUT2D eigenvalue weighted by Gasteiger charge is -2.41. The zero-order valence-electron chi connectivity index (χ0n) is 55.8. The monoisotopic (exact) mass is 1320 g/mol. The smallest absolute Gasteiger partial charge is 0.159 e. The van der Waals surface area contributed by atoms with Crippen molar-refractivity contribution in [2.24, 2.45) is 9.98 Å². The molecule has 1 atom stereocenters. The molecule has 0 radical (unpaired) electrons. The standard InChI is InChI=1S/C94H61N7O2/c1-2-27-62(28-3-1)100(82-52-60-25-4-8-29-64(60)68-33-12-13-35-70(68)82)91-75-46-45-72-71-44-43-63(99-55-61-26-7-9-30-65(61)69-34-14-17-39-78(69)99)53-84(71)102-93(72)88(75)87-77(90(91)98-50-22-48-96-57-98)54-83(94-89(87)76-38-20-42-81(92(76)103-94)97-49-21-47-95-56-97)101-79-40-18-15-36-73(79)86(74-37-16-19-41-80(74)101)85-66-31-10-5-23-58(66)51-59-24-6-11-32-67(59)85/h1-54,79H,55-57H2. The largest absolute Gasteiger partial charge is 0.455 e. The molecule has 9 nitrogen and oxygen atoms in total. The van der Waals surface area contributed by atoms with Crippen LogP contribution in [-0.4, -0.2) is 31.8 Å². The molecule has 6 heterocycles. The van der Waals surface area contributed by atoms with Crippen molar-refractivity contribution >= 4 is 178 Å². The molecule has 0 N–H and O–H groups in total. The molecule has 484 valence electrons. The van der Waals surface area contributed by atoms with Gasteiger partial charge in [-0.15, -0.1) is 0 Å². The zero-order chi connectivity index (χ0) is 67.4. The number of nitrogens with zero attached hydrogens (tertiary/aromatic N) is 7. The van der Waals surface area contributed by atoms with Crippen LogP contribution in [0.4, 0.5) is 51.2 Å². The molecule has 9 heteroatoms. The summed E-state index contributed by atoms with van der Waals surface area (Å²) in [5.41, 5.74) is 20.7. The number of hydrogen-bond acceptors (Lipinski definition) is 9. The van der Waals surface area contributed by atoms with Gasteiger partial charge in [-0.25, -0.2) is 0 Å². The Hall–Kier alpha value is -13.5. The molecular formula is C94H61N7O2. The van der Waals surface area contributed by atoms with Crippen molar-refractivity contribution in [3.8, 4) is 11.1 Å². The van der Waals surface area contributed by atoms with Gasteiger partial charge in [0.25, 0.3) is 0 Å². The fraction of sp³-hybridized carbons (Fsp3) is 0.0426. The van der Waals surface area contributed by atoms with E-state index in [-0.39, 0.29) is 6.04 Å². The third-order valence-corrected chi connectivity index (χ3v) is 22.0. The van der Waals surface area contributed by atoms with E-state index in [0.717, 1.165) is 145 Å². The molecule has 0 spiro atoms. The van der Waals surface area contributed by atoms with Crippen LogP contribution >= 0.6 is 0 Å². The summed E-state index contributed by atoms with van der Waals surface area (Å²) >= 11 is 0. The number of allylic oxidation sites excluding steroid dienone is 4. The van der Waals surface area contributed by atoms with Gasteiger partial charge in [0.05, 0.1) is 34.5 Å². The van der Waals surface area contributed by atoms with Crippen LogP contribution in [0.3, 0.4) is 0 Å². The van der Waals surface area contributed by atoms with Crippen molar-refractivity contribution < 1.29 is 8.83 Å². The van der Waals surface area contributed by atoms with Crippen LogP contribution in [0.5, 0.6) is 0 Å². The highest BCUT2D eigenvalue weighted by Crippen LogP contribution is 2.60. The average Bonchev–Trinajstić information content (AvgIpc) is 1.67. The molecule has 5 aliphatic rings. The second kappa shape index (κ2) is 22.5. The first-order chi connectivity index (χ1) is 51.1. The average molecular weight is 1320 g/mol. The van der Waals surface area contributed by atoms with Crippen molar-refractivity contribution in [3.63, 3.8) is 0 Å². The molecule has 1 unspecified atom stereocenters. The summed E-state index contributed by atoms with van der Waals surface area (Å²) in [7, 11) is 0. The minimum absolute atomic E-state index is 0.301. The fourth-order valence-electron chi connectivity index (χ4n) is 17.6. The topological polar surface area (TPSA) is 67.2 Å². The van der Waals surface area contributed by atoms with Gasteiger partial charge in [-0.3, -0.25) is 9.98 Å². The van der Waals surface area contributed by atoms with Gasteiger partial charge in [-0.05, 0) is 144 Å². The van der Waals surface area contributed by atoms with Gasteiger partial charge in [0.1, 0.15) is 24.5 Å². The van der Waals surface area contributed by atoms with E-state index in [0.29, 0.717) is 13.3 Å². The second-order valence-corrected chi connectivity index (χ2v) is 27.4. The zero-order valence-corrected chi connectivity index (χ0v) is 55.8. The maximum atomic E-state index is 7.97. The lowest BCUT2D eigenvalue weighted by atomic mass is 9.79. The predicted molar refractivity (Wildman–Crippen MR) is 432 cm³/mol. The van der Waals surface area contributed by atoms with E-state index in [9.17, 15) is 0 Å². The summed E-state index contributed by atoms with van der Waals surface area (Å²) in [6.07, 6.45) is 21.3. The van der Waals surface area contributed by atoms with Gasteiger partial charge in [-0.1, -0.05) is 218 Å². The number of aliphatic imine (C=N–C) groups is 2. The van der Waals surface area contributed by atoms with Crippen molar-refractivity contribution in [2.45, 2.75) is 12.6 Å². The van der Waals surface area contributed by atoms with Crippen molar-refractivity contribution in [1.82, 2.24) is 0 Å². The van der Waals surface area contributed by atoms with Gasteiger partial charge in [-0.2, -0.15) is 0 Å². The number of furan rings is 2. The lowest BCUT2D eigenvalue weighted by molar-refractivity contribution is 0.665. The highest BCUT2D eigenvalue weighted by atomic mass is 16.3. The van der Waals surface area contributed by atoms with Crippen LogP contribution < -0.4 is 24.5 Å². The summed E-state index contributed by atoms with van der Waals surface area (Å²) in [5, 5.41) is 17.4. The molecule has 22 rings (SSSR count). The lowest BCUT2D eigenvalue weighted by Crippen LogP contribution is -2.36. The molecule has 4 aliphatic heterocycles. The Balaban J connectivity index is 0.916. The van der Waals surface area contributed by atoms with Crippen LogP contribution in [0, 0.1) is 0 Å². The molecule has 2 aromatic heterocycles. The molecule has 0 saturated heterocycles. The van der Waals surface area contributed by atoms with Gasteiger partial charge in [0.15, 0.2) is 11.2 Å². The number of anilines is 9. The Labute approximate surface area is 592 Å². The highest BCUT2D eigenvalue weighted by molar-refractivity contribution is 6.40. The molecule has 15 aromatic carbocycles. The summed E-state index contributed by atoms with van der Waals surface area (Å²) in [6, 6.07) is 98.0. The van der Waals surface area contributed by atoms with Gasteiger partial charge in [0, 0.05) is 120 Å². The second-order valence-electron chi connectivity index (χ2n) is 27.4. The molecule has 0 saturated carbocycles. The number of hydrogen-bond donors (Lipinski definition) is 0. The Morgan fingerprint density at radius 2 is 1.03 bits per heavy atom. The summed E-state index contributed by atoms with van der Waals surface area (Å²) in [5.74, 6) is 0. The van der Waals surface area contributed by atoms with Crippen LogP contribution in [0.25, 0.3) is 125 Å². The minimum Gasteiger partial charge on any atom is -0.455 e. The van der Waals surface area contributed by atoms with E-state index in [1.165, 1.54) is 60.3 Å². The maximum absolute atomic E-state index is 7.97. The highest BCUT2D eigenvalue weighted by Gasteiger charge is 2.39. The quantitative estimate of drug-likeness (QED) is 0.111. The van der Waals surface area contributed by atoms with Gasteiger partial charge in [0.2, 0.25) is 0 Å². The van der Waals surface area contributed by atoms with E-state index in [1.807, 2.05) is 18.5 Å². The Bertz CT molecular complexity index is 6730. The summed E-state index contributed by atoms with van der Waals surface area (Å²) in [4.78, 5) is 22.1. The van der Waals surface area contributed by atoms with E-state index >= 15 is 0 Å². The molecule has 0 fully saturated rings. The number of para-hydroxylation sites is 4. The van der Waals surface area contributed by atoms with E-state index in [2.05, 4.69) is 334 Å². The Morgan fingerprint density at radius 3 is 1.82 bits per heavy atom. The van der Waals surface area contributed by atoms with Crippen molar-refractivity contribution in [3.05, 3.63) is 338 Å². The fourth-order valence-corrected chi connectivity index (χ4v) is 17.6. The molecule has 1 aliphatic carbocycles. The molecule has 103 heavy (non-hydrogen) atoms. The molecular weight excluding hydrogens is 1260 g/mol. The van der Waals surface area contributed by atoms with E-state index in [1.54, 1.807) is 0 Å². The summed E-state index contributed by atoms with van der Waals surface area (Å²) in [6.45, 7) is 1.51. The maximum Gasteiger partial charge on any atom is 0.159 e.